The normalized spacial score (nSPS) is 28.9. The number of amides is 1. The highest BCUT2D eigenvalue weighted by atomic mass is 16.5. The number of ether oxygens (including phenoxy) is 1. The van der Waals surface area contributed by atoms with Crippen LogP contribution in [0, 0.1) is 0 Å². The van der Waals surface area contributed by atoms with Crippen LogP contribution in [0.3, 0.4) is 0 Å². The number of hydrogen-bond donors (Lipinski definition) is 0. The standard InChI is InChI=1S/C14H16N4O2/c15-17-16-12-13-11(7-4-8-20-13)18(14(12)19)9-10-5-2-1-3-6-10/h1-3,5-6,11-13H,4,7-9H2/t11-,12-,13+/m0/s1. The Balaban J connectivity index is 1.85. The average Bonchev–Trinajstić information content (AvgIpc) is 2.75. The van der Waals surface area contributed by atoms with Crippen molar-refractivity contribution in [2.24, 2.45) is 5.11 Å². The number of rotatable bonds is 3. The van der Waals surface area contributed by atoms with Gasteiger partial charge in [-0.3, -0.25) is 4.79 Å². The summed E-state index contributed by atoms with van der Waals surface area (Å²) in [5.41, 5.74) is 9.72. The third kappa shape index (κ3) is 2.24. The van der Waals surface area contributed by atoms with Crippen LogP contribution in [0.25, 0.3) is 10.4 Å². The van der Waals surface area contributed by atoms with Gasteiger partial charge in [-0.15, -0.1) is 0 Å². The van der Waals surface area contributed by atoms with Gasteiger partial charge in [0, 0.05) is 18.1 Å². The zero-order chi connectivity index (χ0) is 13.9. The molecule has 0 radical (unpaired) electrons. The van der Waals surface area contributed by atoms with Crippen molar-refractivity contribution in [1.82, 2.24) is 4.90 Å². The lowest BCUT2D eigenvalue weighted by molar-refractivity contribution is -0.130. The summed E-state index contributed by atoms with van der Waals surface area (Å²) in [6.45, 7) is 1.17. The molecule has 0 spiro atoms. The van der Waals surface area contributed by atoms with Crippen LogP contribution in [0.15, 0.2) is 35.4 Å². The van der Waals surface area contributed by atoms with Crippen LogP contribution in [0.1, 0.15) is 18.4 Å². The molecule has 104 valence electrons. The van der Waals surface area contributed by atoms with Gasteiger partial charge < -0.3 is 9.64 Å². The molecule has 3 rings (SSSR count). The fraction of sp³-hybridized carbons (Fsp3) is 0.500. The number of fused-ring (bicyclic) bond motifs is 1. The van der Waals surface area contributed by atoms with E-state index in [4.69, 9.17) is 10.3 Å². The largest absolute Gasteiger partial charge is 0.375 e. The Kier molecular flexibility index (Phi) is 3.58. The fourth-order valence-corrected chi connectivity index (χ4v) is 3.04. The van der Waals surface area contributed by atoms with E-state index in [0.29, 0.717) is 13.2 Å². The minimum absolute atomic E-state index is 0.0203. The van der Waals surface area contributed by atoms with E-state index in [1.165, 1.54) is 0 Å². The molecule has 0 aliphatic carbocycles. The molecular weight excluding hydrogens is 256 g/mol. The lowest BCUT2D eigenvalue weighted by Gasteiger charge is -2.31. The molecule has 2 saturated heterocycles. The number of carbonyl (C=O) groups excluding carboxylic acids is 1. The van der Waals surface area contributed by atoms with Gasteiger partial charge in [-0.1, -0.05) is 35.4 Å². The molecule has 2 fully saturated rings. The third-order valence-electron chi connectivity index (χ3n) is 3.95. The van der Waals surface area contributed by atoms with Gasteiger partial charge in [0.2, 0.25) is 5.91 Å². The quantitative estimate of drug-likeness (QED) is 0.480. The summed E-state index contributed by atoms with van der Waals surface area (Å²) in [6.07, 6.45) is 1.54. The lowest BCUT2D eigenvalue weighted by atomic mass is 10.0. The van der Waals surface area contributed by atoms with Crippen LogP contribution in [-0.2, 0) is 16.1 Å². The summed E-state index contributed by atoms with van der Waals surface area (Å²) in [6, 6.07) is 9.15. The molecule has 6 heteroatoms. The van der Waals surface area contributed by atoms with Gasteiger partial charge in [0.1, 0.15) is 6.04 Å². The SMILES string of the molecule is [N-]=[N+]=N[C@@H]1C(=O)N(Cc2ccccc2)[C@H]2CCCO[C@@H]12. The van der Waals surface area contributed by atoms with Crippen molar-refractivity contribution in [2.45, 2.75) is 37.6 Å². The number of carbonyl (C=O) groups is 1. The second-order valence-corrected chi connectivity index (χ2v) is 5.15. The number of azide groups is 1. The van der Waals surface area contributed by atoms with E-state index >= 15 is 0 Å². The smallest absolute Gasteiger partial charge is 0.234 e. The van der Waals surface area contributed by atoms with Crippen LogP contribution in [0.2, 0.25) is 0 Å². The Hall–Kier alpha value is -2.04. The highest BCUT2D eigenvalue weighted by Gasteiger charge is 2.49. The Bertz CT molecular complexity index is 541. The molecule has 0 bridgehead atoms. The molecule has 2 aliphatic rings. The fourth-order valence-electron chi connectivity index (χ4n) is 3.04. The van der Waals surface area contributed by atoms with Crippen LogP contribution in [-0.4, -0.2) is 35.6 Å². The number of nitrogens with zero attached hydrogens (tertiary/aromatic N) is 4. The maximum Gasteiger partial charge on any atom is 0.234 e. The second kappa shape index (κ2) is 5.53. The predicted molar refractivity (Wildman–Crippen MR) is 72.7 cm³/mol. The maximum atomic E-state index is 12.4. The molecule has 6 nitrogen and oxygen atoms in total. The maximum absolute atomic E-state index is 12.4. The lowest BCUT2D eigenvalue weighted by Crippen LogP contribution is -2.41. The molecule has 20 heavy (non-hydrogen) atoms. The topological polar surface area (TPSA) is 78.3 Å². The zero-order valence-corrected chi connectivity index (χ0v) is 11.1. The van der Waals surface area contributed by atoms with Crippen molar-refractivity contribution in [3.05, 3.63) is 46.3 Å². The van der Waals surface area contributed by atoms with Crippen molar-refractivity contribution in [3.8, 4) is 0 Å². The van der Waals surface area contributed by atoms with Crippen molar-refractivity contribution in [3.63, 3.8) is 0 Å². The van der Waals surface area contributed by atoms with Gasteiger partial charge in [0.15, 0.2) is 0 Å². The monoisotopic (exact) mass is 272 g/mol. The van der Waals surface area contributed by atoms with Crippen molar-refractivity contribution in [2.75, 3.05) is 6.61 Å². The highest BCUT2D eigenvalue weighted by Crippen LogP contribution is 2.32. The zero-order valence-electron chi connectivity index (χ0n) is 11.1. The van der Waals surface area contributed by atoms with Crippen molar-refractivity contribution >= 4 is 5.91 Å². The van der Waals surface area contributed by atoms with Crippen LogP contribution < -0.4 is 0 Å². The molecule has 0 unspecified atom stereocenters. The Morgan fingerprint density at radius 1 is 1.40 bits per heavy atom. The minimum Gasteiger partial charge on any atom is -0.375 e. The molecule has 2 heterocycles. The predicted octanol–water partition coefficient (Wildman–Crippen LogP) is 2.26. The summed E-state index contributed by atoms with van der Waals surface area (Å²) >= 11 is 0. The second-order valence-electron chi connectivity index (χ2n) is 5.15. The van der Waals surface area contributed by atoms with E-state index in [2.05, 4.69) is 10.0 Å². The van der Waals surface area contributed by atoms with Gasteiger partial charge in [-0.05, 0) is 23.9 Å². The Labute approximate surface area is 117 Å². The molecule has 1 aromatic rings. The molecule has 0 aromatic heterocycles. The summed E-state index contributed by atoms with van der Waals surface area (Å²) in [4.78, 5) is 17.0. The number of likely N-dealkylation sites (tertiary alicyclic amines) is 1. The molecule has 2 aliphatic heterocycles. The molecule has 0 N–H and O–H groups in total. The van der Waals surface area contributed by atoms with Gasteiger partial charge >= 0.3 is 0 Å². The van der Waals surface area contributed by atoms with E-state index < -0.39 is 6.04 Å². The first-order valence-corrected chi connectivity index (χ1v) is 6.81. The summed E-state index contributed by atoms with van der Waals surface area (Å²) in [7, 11) is 0. The summed E-state index contributed by atoms with van der Waals surface area (Å²) in [5, 5.41) is 3.65. The first kappa shape index (κ1) is 13.0. The summed E-state index contributed by atoms with van der Waals surface area (Å²) in [5.74, 6) is -0.122. The number of benzene rings is 1. The summed E-state index contributed by atoms with van der Waals surface area (Å²) < 4.78 is 5.68. The highest BCUT2D eigenvalue weighted by molar-refractivity contribution is 5.86. The van der Waals surface area contributed by atoms with E-state index in [0.717, 1.165) is 18.4 Å². The molecule has 3 atom stereocenters. The average molecular weight is 272 g/mol. The first-order valence-electron chi connectivity index (χ1n) is 6.81. The number of hydrogen-bond acceptors (Lipinski definition) is 3. The van der Waals surface area contributed by atoms with Crippen molar-refractivity contribution in [1.29, 1.82) is 0 Å². The minimum atomic E-state index is -0.714. The van der Waals surface area contributed by atoms with Crippen molar-refractivity contribution < 1.29 is 9.53 Å². The Morgan fingerprint density at radius 3 is 2.95 bits per heavy atom. The van der Waals surface area contributed by atoms with Crippen LogP contribution in [0.4, 0.5) is 0 Å². The van der Waals surface area contributed by atoms with Gasteiger partial charge in [-0.2, -0.15) is 0 Å². The molecule has 1 amide bonds. The van der Waals surface area contributed by atoms with Crippen LogP contribution >= 0.6 is 0 Å². The van der Waals surface area contributed by atoms with Crippen LogP contribution in [0.5, 0.6) is 0 Å². The Morgan fingerprint density at radius 2 is 2.20 bits per heavy atom. The van der Waals surface area contributed by atoms with E-state index in [-0.39, 0.29) is 18.1 Å². The van der Waals surface area contributed by atoms with E-state index in [1.54, 1.807) is 4.90 Å². The molecule has 0 saturated carbocycles. The third-order valence-corrected chi connectivity index (χ3v) is 3.95. The molecule has 1 aromatic carbocycles. The van der Waals surface area contributed by atoms with E-state index in [1.807, 2.05) is 30.3 Å². The molecular formula is C14H16N4O2. The van der Waals surface area contributed by atoms with Gasteiger partial charge in [0.05, 0.1) is 12.1 Å². The van der Waals surface area contributed by atoms with Gasteiger partial charge in [0.25, 0.3) is 0 Å². The van der Waals surface area contributed by atoms with E-state index in [9.17, 15) is 4.79 Å². The van der Waals surface area contributed by atoms with Gasteiger partial charge in [-0.25, -0.2) is 0 Å². The first-order chi connectivity index (χ1) is 9.81.